The molecule has 5 heteroatoms. The van der Waals surface area contributed by atoms with Crippen molar-refractivity contribution in [3.63, 3.8) is 0 Å². The minimum atomic E-state index is -0.981. The Kier molecular flexibility index (Phi) is 11.8. The maximum Gasteiger partial charge on any atom is 0.327 e. The second kappa shape index (κ2) is 11.7. The van der Waals surface area contributed by atoms with Gasteiger partial charge in [0.15, 0.2) is 0 Å². The van der Waals surface area contributed by atoms with E-state index in [2.05, 4.69) is 19.7 Å². The zero-order valence-electron chi connectivity index (χ0n) is 9.63. The van der Waals surface area contributed by atoms with Gasteiger partial charge in [-0.25, -0.2) is 4.79 Å². The van der Waals surface area contributed by atoms with Crippen molar-refractivity contribution in [3.8, 4) is 6.07 Å². The number of amides is 1. The molecule has 1 saturated heterocycles. The number of rotatable bonds is 2. The maximum atomic E-state index is 10.7. The molecule has 17 heavy (non-hydrogen) atoms. The van der Waals surface area contributed by atoms with E-state index in [1.807, 2.05) is 0 Å². The Morgan fingerprint density at radius 1 is 1.47 bits per heavy atom. The van der Waals surface area contributed by atoms with Crippen molar-refractivity contribution in [3.05, 3.63) is 38.1 Å². The molecule has 0 aliphatic carbocycles. The molecule has 0 spiro atoms. The van der Waals surface area contributed by atoms with Gasteiger partial charge in [0.05, 0.1) is 6.07 Å². The molecule has 1 N–H and O–H groups in total. The van der Waals surface area contributed by atoms with E-state index in [4.69, 9.17) is 10.4 Å². The van der Waals surface area contributed by atoms with E-state index in [9.17, 15) is 9.59 Å². The topological polar surface area (TPSA) is 81.4 Å². The van der Waals surface area contributed by atoms with Crippen molar-refractivity contribution in [2.45, 2.75) is 12.8 Å². The number of allylic oxidation sites excluding steroid dienone is 1. The lowest BCUT2D eigenvalue weighted by Crippen LogP contribution is -2.16. The molecule has 0 aromatic heterocycles. The largest absolute Gasteiger partial charge is 0.478 e. The van der Waals surface area contributed by atoms with Gasteiger partial charge in [-0.15, -0.1) is 0 Å². The average molecular weight is 236 g/mol. The van der Waals surface area contributed by atoms with Crippen LogP contribution < -0.4 is 0 Å². The highest BCUT2D eigenvalue weighted by Crippen LogP contribution is 2.08. The minimum absolute atomic E-state index is 0.208. The van der Waals surface area contributed by atoms with Crippen LogP contribution in [0.3, 0.4) is 0 Å². The van der Waals surface area contributed by atoms with Gasteiger partial charge in [-0.1, -0.05) is 19.7 Å². The third kappa shape index (κ3) is 11.6. The average Bonchev–Trinajstić information content (AvgIpc) is 2.75. The van der Waals surface area contributed by atoms with Crippen LogP contribution in [-0.4, -0.2) is 28.4 Å². The van der Waals surface area contributed by atoms with Crippen molar-refractivity contribution in [1.82, 2.24) is 4.90 Å². The molecule has 0 bridgehead atoms. The van der Waals surface area contributed by atoms with Crippen LogP contribution in [0.15, 0.2) is 38.1 Å². The van der Waals surface area contributed by atoms with Gasteiger partial charge in [-0.3, -0.25) is 4.79 Å². The van der Waals surface area contributed by atoms with Crippen LogP contribution in [0, 0.1) is 11.3 Å². The van der Waals surface area contributed by atoms with E-state index < -0.39 is 5.97 Å². The lowest BCUT2D eigenvalue weighted by atomic mass is 10.4. The highest BCUT2D eigenvalue weighted by molar-refractivity contribution is 5.79. The summed E-state index contributed by atoms with van der Waals surface area (Å²) >= 11 is 0. The van der Waals surface area contributed by atoms with Gasteiger partial charge in [0.1, 0.15) is 0 Å². The summed E-state index contributed by atoms with van der Waals surface area (Å²) < 4.78 is 0. The fourth-order valence-electron chi connectivity index (χ4n) is 0.862. The normalized spacial score (nSPS) is 11.9. The smallest absolute Gasteiger partial charge is 0.327 e. The second-order valence-corrected chi connectivity index (χ2v) is 2.75. The quantitative estimate of drug-likeness (QED) is 0.584. The summed E-state index contributed by atoms with van der Waals surface area (Å²) in [5.74, 6) is -0.773. The number of carboxylic acid groups (broad SMARTS) is 1. The summed E-state index contributed by atoms with van der Waals surface area (Å²) in [6, 6.07) is 1.69. The first-order valence-electron chi connectivity index (χ1n) is 4.81. The van der Waals surface area contributed by atoms with Crippen molar-refractivity contribution in [2.24, 2.45) is 0 Å². The first-order valence-corrected chi connectivity index (χ1v) is 4.81. The number of nitriles is 1. The van der Waals surface area contributed by atoms with Crippen LogP contribution in [0.2, 0.25) is 0 Å². The molecule has 0 saturated carbocycles. The van der Waals surface area contributed by atoms with E-state index in [0.717, 1.165) is 19.0 Å². The fraction of sp³-hybridized carbons (Fsp3) is 0.250. The van der Waals surface area contributed by atoms with E-state index in [0.29, 0.717) is 6.42 Å². The Bertz CT molecular complexity index is 329. The van der Waals surface area contributed by atoms with Crippen LogP contribution in [0.25, 0.3) is 0 Å². The number of carbonyl (C=O) groups excluding carboxylic acids is 1. The van der Waals surface area contributed by atoms with E-state index in [1.165, 1.54) is 6.08 Å². The minimum Gasteiger partial charge on any atom is -0.478 e. The molecule has 1 aliphatic heterocycles. The number of hydrogen-bond acceptors (Lipinski definition) is 3. The Morgan fingerprint density at radius 2 is 1.94 bits per heavy atom. The highest BCUT2D eigenvalue weighted by atomic mass is 16.4. The number of aliphatic carboxylic acids is 1. The predicted octanol–water partition coefficient (Wildman–Crippen LogP) is 1.71. The third-order valence-corrected chi connectivity index (χ3v) is 1.60. The van der Waals surface area contributed by atoms with Crippen molar-refractivity contribution in [1.29, 1.82) is 5.26 Å². The highest BCUT2D eigenvalue weighted by Gasteiger charge is 2.15. The first kappa shape index (κ1) is 17.1. The number of hydrogen-bond donors (Lipinski definition) is 1. The lowest BCUT2D eigenvalue weighted by Gasteiger charge is -2.05. The summed E-state index contributed by atoms with van der Waals surface area (Å²) in [5.41, 5.74) is 0. The molecule has 5 nitrogen and oxygen atoms in total. The van der Waals surface area contributed by atoms with Crippen molar-refractivity contribution < 1.29 is 14.7 Å². The molecule has 0 aromatic rings. The first-order chi connectivity index (χ1) is 8.03. The summed E-state index contributed by atoms with van der Waals surface area (Å²) in [6.07, 6.45) is 5.30. The molecule has 1 heterocycles. The molecule has 0 unspecified atom stereocenters. The van der Waals surface area contributed by atoms with Gasteiger partial charge in [0.25, 0.3) is 0 Å². The summed E-state index contributed by atoms with van der Waals surface area (Å²) in [4.78, 5) is 21.6. The Balaban J connectivity index is 0. The van der Waals surface area contributed by atoms with Crippen molar-refractivity contribution in [2.75, 3.05) is 6.54 Å². The fourth-order valence-corrected chi connectivity index (χ4v) is 0.862. The zero-order chi connectivity index (χ0) is 13.7. The van der Waals surface area contributed by atoms with Crippen LogP contribution in [0.5, 0.6) is 0 Å². The molecular formula is C12H16N2O3. The van der Waals surface area contributed by atoms with Crippen LogP contribution >= 0.6 is 0 Å². The van der Waals surface area contributed by atoms with E-state index in [1.54, 1.807) is 17.2 Å². The molecule has 1 aliphatic rings. The summed E-state index contributed by atoms with van der Waals surface area (Å²) in [6.45, 7) is 10.4. The van der Waals surface area contributed by atoms with Gasteiger partial charge in [0, 0.05) is 25.1 Å². The van der Waals surface area contributed by atoms with E-state index in [-0.39, 0.29) is 5.91 Å². The molecule has 1 fully saturated rings. The van der Waals surface area contributed by atoms with Crippen molar-refractivity contribution >= 4 is 11.9 Å². The summed E-state index contributed by atoms with van der Waals surface area (Å²) in [5, 5.41) is 15.1. The Hall–Kier alpha value is -2.35. The zero-order valence-corrected chi connectivity index (χ0v) is 9.63. The van der Waals surface area contributed by atoms with Crippen LogP contribution in [-0.2, 0) is 9.59 Å². The monoisotopic (exact) mass is 236 g/mol. The molecular weight excluding hydrogens is 220 g/mol. The number of carbonyl (C=O) groups is 2. The summed E-state index contributed by atoms with van der Waals surface area (Å²) in [7, 11) is 0. The van der Waals surface area contributed by atoms with Gasteiger partial charge in [-0.2, -0.15) is 5.26 Å². The number of carboxylic acids is 1. The third-order valence-electron chi connectivity index (χ3n) is 1.60. The van der Waals surface area contributed by atoms with Gasteiger partial charge in [-0.05, 0) is 12.6 Å². The molecule has 0 atom stereocenters. The van der Waals surface area contributed by atoms with Crippen LogP contribution in [0.4, 0.5) is 0 Å². The standard InChI is InChI=1S/C6H9NO.C3H3N.C3H4O2/c1-2-7-5-3-4-6(7)8;1-2-3-4;1-2-3(4)5/h2H,1,3-5H2;2H,1H2;2H,1H2,(H,4,5). The number of likely N-dealkylation sites (tertiary alicyclic amines) is 1. The predicted molar refractivity (Wildman–Crippen MR) is 64.8 cm³/mol. The molecule has 1 amide bonds. The van der Waals surface area contributed by atoms with Gasteiger partial charge >= 0.3 is 5.97 Å². The van der Waals surface area contributed by atoms with Gasteiger partial charge in [0.2, 0.25) is 5.91 Å². The number of nitrogens with zero attached hydrogens (tertiary/aromatic N) is 2. The molecule has 92 valence electrons. The lowest BCUT2D eigenvalue weighted by molar-refractivity contribution is -0.131. The van der Waals surface area contributed by atoms with Crippen LogP contribution in [0.1, 0.15) is 12.8 Å². The molecule has 0 aromatic carbocycles. The van der Waals surface area contributed by atoms with Gasteiger partial charge < -0.3 is 10.0 Å². The Labute approximate surface area is 101 Å². The maximum absolute atomic E-state index is 10.7. The second-order valence-electron chi connectivity index (χ2n) is 2.75. The van der Waals surface area contributed by atoms with E-state index >= 15 is 0 Å². The molecule has 1 rings (SSSR count). The Morgan fingerprint density at radius 3 is 2.06 bits per heavy atom. The SMILES string of the molecule is C=CC#N.C=CC(=O)O.C=CN1CCCC1=O. The molecule has 0 radical (unpaired) electrons.